The minimum atomic E-state index is 0.675. The first-order valence-electron chi connectivity index (χ1n) is 13.4. The predicted octanol–water partition coefficient (Wildman–Crippen LogP) is 10.1. The van der Waals surface area contributed by atoms with Crippen molar-refractivity contribution in [1.82, 2.24) is 9.97 Å². The molecule has 4 rings (SSSR count). The first-order valence-corrected chi connectivity index (χ1v) is 14.3. The Morgan fingerprint density at radius 2 is 1.40 bits per heavy atom. The highest BCUT2D eigenvalue weighted by Crippen LogP contribution is 2.30. The smallest absolute Gasteiger partial charge is 0.180 e. The molecule has 4 aromatic rings. The van der Waals surface area contributed by atoms with Crippen molar-refractivity contribution in [3.8, 4) is 12.8 Å². The maximum atomic E-state index is 4.81. The van der Waals surface area contributed by atoms with Crippen molar-refractivity contribution in [2.75, 3.05) is 21.9 Å². The molecule has 5 nitrogen and oxygen atoms in total. The molecule has 0 fully saturated rings. The number of rotatable bonds is 10. The molecule has 0 radical (unpaired) electrons. The summed E-state index contributed by atoms with van der Waals surface area (Å²) in [6.45, 7) is 19.4. The number of nitrogens with one attached hydrogen (secondary N) is 3. The van der Waals surface area contributed by atoms with Crippen LogP contribution >= 0.6 is 11.9 Å². The summed E-state index contributed by atoms with van der Waals surface area (Å²) in [7, 11) is 0. The Bertz CT molecular complexity index is 1310. The number of aryl methyl sites for hydroxylation is 1. The summed E-state index contributed by atoms with van der Waals surface area (Å²) < 4.78 is 3.37. The third kappa shape index (κ3) is 10.9. The van der Waals surface area contributed by atoms with Gasteiger partial charge in [0.2, 0.25) is 0 Å². The molecule has 0 aliphatic heterocycles. The van der Waals surface area contributed by atoms with Crippen molar-refractivity contribution in [3.05, 3.63) is 97.6 Å². The Morgan fingerprint density at radius 3 is 1.93 bits per heavy atom. The zero-order valence-electron chi connectivity index (χ0n) is 24.3. The third-order valence-corrected chi connectivity index (χ3v) is 6.34. The average molecular weight is 554 g/mol. The number of terminal acetylenes is 1. The maximum absolute atomic E-state index is 4.81. The van der Waals surface area contributed by atoms with E-state index < -0.39 is 0 Å². The largest absolute Gasteiger partial charge is 0.385 e. The molecular weight excluding hydrogens is 510 g/mol. The molecule has 0 amide bonds. The van der Waals surface area contributed by atoms with Gasteiger partial charge in [0.05, 0.1) is 11.0 Å². The molecule has 0 bridgehead atoms. The van der Waals surface area contributed by atoms with Crippen LogP contribution in [0.2, 0.25) is 0 Å². The van der Waals surface area contributed by atoms with E-state index in [-0.39, 0.29) is 0 Å². The highest BCUT2D eigenvalue weighted by Gasteiger charge is 2.11. The molecule has 0 saturated carbocycles. The fraction of sp³-hybridized carbons (Fsp3) is 0.235. The van der Waals surface area contributed by atoms with Crippen LogP contribution in [0, 0.1) is 19.8 Å². The summed E-state index contributed by atoms with van der Waals surface area (Å²) in [4.78, 5) is 10.7. The van der Waals surface area contributed by atoms with Gasteiger partial charge in [-0.3, -0.25) is 0 Å². The molecule has 0 unspecified atom stereocenters. The minimum absolute atomic E-state index is 0.675. The molecule has 0 atom stereocenters. The van der Waals surface area contributed by atoms with Crippen molar-refractivity contribution >= 4 is 52.1 Å². The van der Waals surface area contributed by atoms with Gasteiger partial charge < -0.3 is 15.4 Å². The van der Waals surface area contributed by atoms with Gasteiger partial charge in [-0.25, -0.2) is 9.97 Å². The van der Waals surface area contributed by atoms with E-state index >= 15 is 0 Å². The number of hydrogen-bond acceptors (Lipinski definition) is 6. The molecule has 0 aliphatic rings. The lowest BCUT2D eigenvalue weighted by Gasteiger charge is -2.14. The lowest BCUT2D eigenvalue weighted by molar-refractivity contribution is 0.772. The number of anilines is 4. The van der Waals surface area contributed by atoms with Gasteiger partial charge in [0.25, 0.3) is 0 Å². The fourth-order valence-electron chi connectivity index (χ4n) is 3.54. The van der Waals surface area contributed by atoms with Crippen LogP contribution in [-0.2, 0) is 0 Å². The molecule has 1 heterocycles. The van der Waals surface area contributed by atoms with Crippen LogP contribution in [0.1, 0.15) is 51.2 Å². The Balaban J connectivity index is 0.000000789. The predicted molar refractivity (Wildman–Crippen MR) is 181 cm³/mol. The average Bonchev–Trinajstić information content (AvgIpc) is 3.00. The number of hydrogen-bond donors (Lipinski definition) is 3. The van der Waals surface area contributed by atoms with Gasteiger partial charge >= 0.3 is 0 Å². The monoisotopic (exact) mass is 553 g/mol. The van der Waals surface area contributed by atoms with Crippen LogP contribution < -0.4 is 15.4 Å². The Kier molecular flexibility index (Phi) is 16.7. The van der Waals surface area contributed by atoms with E-state index in [2.05, 4.69) is 112 Å². The van der Waals surface area contributed by atoms with Crippen LogP contribution in [0.4, 0.5) is 23.0 Å². The third-order valence-electron chi connectivity index (χ3n) is 5.54. The van der Waals surface area contributed by atoms with Gasteiger partial charge in [0.15, 0.2) is 11.6 Å². The maximum Gasteiger partial charge on any atom is 0.180 e. The lowest BCUT2D eigenvalue weighted by Crippen LogP contribution is -2.02. The molecule has 3 N–H and O–H groups in total. The van der Waals surface area contributed by atoms with E-state index in [4.69, 9.17) is 9.97 Å². The Labute approximate surface area is 245 Å². The zero-order chi connectivity index (χ0) is 29.8. The number of nitrogens with zero attached hydrogens (tertiary/aromatic N) is 2. The molecule has 40 heavy (non-hydrogen) atoms. The zero-order valence-corrected chi connectivity index (χ0v) is 25.2. The van der Waals surface area contributed by atoms with E-state index in [0.29, 0.717) is 11.6 Å². The molecule has 0 spiro atoms. The Hall–Kier alpha value is -4.21. The van der Waals surface area contributed by atoms with Crippen molar-refractivity contribution < 1.29 is 0 Å². The number of benzene rings is 3. The van der Waals surface area contributed by atoms with Crippen LogP contribution in [-0.4, -0.2) is 16.5 Å². The summed E-state index contributed by atoms with van der Waals surface area (Å²) in [5.41, 5.74) is 6.00. The number of para-hydroxylation sites is 2. The van der Waals surface area contributed by atoms with E-state index in [1.807, 2.05) is 36.4 Å². The number of aromatic nitrogens is 2. The van der Waals surface area contributed by atoms with E-state index in [9.17, 15) is 0 Å². The van der Waals surface area contributed by atoms with Crippen LogP contribution in [0.5, 0.6) is 0 Å². The van der Waals surface area contributed by atoms with Crippen LogP contribution in [0.15, 0.2) is 91.4 Å². The lowest BCUT2D eigenvalue weighted by atomic mass is 10.1. The molecule has 210 valence electrons. The number of unbranched alkanes of at least 4 members (excludes halogenated alkanes) is 2. The summed E-state index contributed by atoms with van der Waals surface area (Å²) >= 11 is 1.51. The van der Waals surface area contributed by atoms with Gasteiger partial charge in [0.1, 0.15) is 0 Å². The molecule has 0 saturated heterocycles. The van der Waals surface area contributed by atoms with E-state index in [1.54, 1.807) is 0 Å². The van der Waals surface area contributed by atoms with Crippen molar-refractivity contribution in [2.24, 2.45) is 0 Å². The Morgan fingerprint density at radius 1 is 0.825 bits per heavy atom. The van der Waals surface area contributed by atoms with Gasteiger partial charge in [-0.1, -0.05) is 64.0 Å². The standard InChI is InChI=1S/C25H25N5S.C5H12.C2H4.C2H2/c1-4-18-16-20(11-10-17(18)3)27-24-25(29-23-9-7-6-8-22(23)28-24)30-31-21-14-12-19(13-15-21)26-5-2;1-3-5-4-2;2*1-2/h4,6-16,26H,1,5H2,2-3H3,(H,27,28)(H,29,30);3-5H2,1-2H3;1-2H2;1-2H. The summed E-state index contributed by atoms with van der Waals surface area (Å²) in [5.74, 6) is 1.36. The van der Waals surface area contributed by atoms with Crippen molar-refractivity contribution in [2.45, 2.75) is 51.9 Å². The molecule has 1 aromatic heterocycles. The van der Waals surface area contributed by atoms with Gasteiger partial charge in [-0.2, -0.15) is 0 Å². The fourth-order valence-corrected chi connectivity index (χ4v) is 4.17. The van der Waals surface area contributed by atoms with Crippen molar-refractivity contribution in [3.63, 3.8) is 0 Å². The number of fused-ring (bicyclic) bond motifs is 1. The SMILES string of the molecule is C#C.C=C.C=Cc1cc(Nc2nc3ccccc3nc2NSc2ccc(NCC)cc2)ccc1C.CCCCC. The second-order valence-corrected chi connectivity index (χ2v) is 9.30. The minimum Gasteiger partial charge on any atom is -0.385 e. The molecule has 6 heteroatoms. The summed E-state index contributed by atoms with van der Waals surface area (Å²) in [5, 5.41) is 6.73. The van der Waals surface area contributed by atoms with E-state index in [1.165, 1.54) is 36.8 Å². The first-order chi connectivity index (χ1) is 19.6. The summed E-state index contributed by atoms with van der Waals surface area (Å²) in [6.07, 6.45) is 13.9. The second kappa shape index (κ2) is 19.8. The highest BCUT2D eigenvalue weighted by atomic mass is 32.2. The van der Waals surface area contributed by atoms with Crippen LogP contribution in [0.25, 0.3) is 17.1 Å². The normalized spacial score (nSPS) is 9.45. The van der Waals surface area contributed by atoms with Gasteiger partial charge in [-0.15, -0.1) is 26.0 Å². The quantitative estimate of drug-likeness (QED) is 0.103. The summed E-state index contributed by atoms with van der Waals surface area (Å²) in [6, 6.07) is 22.3. The van der Waals surface area contributed by atoms with Gasteiger partial charge in [-0.05, 0) is 85.5 Å². The first kappa shape index (κ1) is 33.8. The molecular formula is C34H43N5S. The van der Waals surface area contributed by atoms with Crippen LogP contribution in [0.3, 0.4) is 0 Å². The topological polar surface area (TPSA) is 61.9 Å². The highest BCUT2D eigenvalue weighted by molar-refractivity contribution is 8.00. The van der Waals surface area contributed by atoms with Gasteiger partial charge in [0, 0.05) is 22.8 Å². The van der Waals surface area contributed by atoms with E-state index in [0.717, 1.165) is 39.4 Å². The van der Waals surface area contributed by atoms with Crippen molar-refractivity contribution in [1.29, 1.82) is 0 Å². The molecule has 3 aromatic carbocycles. The second-order valence-electron chi connectivity index (χ2n) is 8.42. The molecule has 0 aliphatic carbocycles.